The normalized spacial score (nSPS) is 17.6. The number of aromatic nitrogens is 2. The van der Waals surface area contributed by atoms with Crippen molar-refractivity contribution in [3.63, 3.8) is 0 Å². The summed E-state index contributed by atoms with van der Waals surface area (Å²) < 4.78 is 37.9. The number of aryl methyl sites for hydroxylation is 1. The third-order valence-electron chi connectivity index (χ3n) is 4.31. The monoisotopic (exact) mass is 349 g/mol. The third kappa shape index (κ3) is 4.42. The van der Waals surface area contributed by atoms with Gasteiger partial charge < -0.3 is 5.32 Å². The Morgan fingerprint density at radius 1 is 1.20 bits per heavy atom. The minimum Gasteiger partial charge on any atom is -0.307 e. The van der Waals surface area contributed by atoms with Crippen LogP contribution in [0.3, 0.4) is 0 Å². The second-order valence-electron chi connectivity index (χ2n) is 6.08. The van der Waals surface area contributed by atoms with E-state index in [4.69, 9.17) is 0 Å². The van der Waals surface area contributed by atoms with Crippen LogP contribution in [0.15, 0.2) is 36.7 Å². The molecular formula is C18H18F3N3O. The van der Waals surface area contributed by atoms with E-state index in [-0.39, 0.29) is 11.8 Å². The summed E-state index contributed by atoms with van der Waals surface area (Å²) in [7, 11) is 0. The number of halogens is 3. The number of alkyl halides is 3. The van der Waals surface area contributed by atoms with E-state index in [0.717, 1.165) is 31.5 Å². The number of benzene rings is 1. The van der Waals surface area contributed by atoms with Crippen LogP contribution in [-0.4, -0.2) is 28.3 Å². The average molecular weight is 349 g/mol. The van der Waals surface area contributed by atoms with Crippen LogP contribution >= 0.6 is 0 Å². The fourth-order valence-electron chi connectivity index (χ4n) is 2.91. The Hall–Kier alpha value is -2.28. The number of carbonyl (C=O) groups excluding carboxylic acids is 1. The Morgan fingerprint density at radius 2 is 1.96 bits per heavy atom. The molecule has 2 aromatic rings. The van der Waals surface area contributed by atoms with Gasteiger partial charge >= 0.3 is 6.18 Å². The van der Waals surface area contributed by atoms with Crippen molar-refractivity contribution in [2.24, 2.45) is 0 Å². The van der Waals surface area contributed by atoms with Crippen LogP contribution in [0.1, 0.15) is 30.5 Å². The molecule has 0 bridgehead atoms. The average Bonchev–Trinajstić information content (AvgIpc) is 3.14. The van der Waals surface area contributed by atoms with E-state index >= 15 is 0 Å². The van der Waals surface area contributed by atoms with Gasteiger partial charge in [-0.05, 0) is 44.0 Å². The number of nitrogens with zero attached hydrogens (tertiary/aromatic N) is 2. The molecule has 2 heterocycles. The predicted molar refractivity (Wildman–Crippen MR) is 86.8 cm³/mol. The van der Waals surface area contributed by atoms with E-state index in [0.29, 0.717) is 29.8 Å². The molecule has 0 radical (unpaired) electrons. The van der Waals surface area contributed by atoms with E-state index in [2.05, 4.69) is 15.3 Å². The first-order chi connectivity index (χ1) is 11.9. The highest BCUT2D eigenvalue weighted by atomic mass is 19.4. The number of hydrogen-bond donors (Lipinski definition) is 1. The second kappa shape index (κ2) is 7.31. The van der Waals surface area contributed by atoms with Gasteiger partial charge in [0.15, 0.2) is 0 Å². The van der Waals surface area contributed by atoms with Crippen molar-refractivity contribution in [1.29, 1.82) is 0 Å². The minimum absolute atomic E-state index is 0.0591. The van der Waals surface area contributed by atoms with Crippen molar-refractivity contribution in [2.45, 2.75) is 37.9 Å². The van der Waals surface area contributed by atoms with Crippen LogP contribution in [-0.2, 0) is 17.4 Å². The molecule has 1 aromatic heterocycles. The summed E-state index contributed by atoms with van der Waals surface area (Å²) in [6, 6.07) is 6.51. The van der Waals surface area contributed by atoms with Gasteiger partial charge in [-0.15, -0.1) is 0 Å². The summed E-state index contributed by atoms with van der Waals surface area (Å²) in [5.74, 6) is 0.173. The lowest BCUT2D eigenvalue weighted by atomic mass is 10.0. The number of carbonyl (C=O) groups is 1. The van der Waals surface area contributed by atoms with E-state index in [9.17, 15) is 18.0 Å². The maximum Gasteiger partial charge on any atom is 0.416 e. The molecule has 1 N–H and O–H groups in total. The van der Waals surface area contributed by atoms with Crippen LogP contribution in [0.4, 0.5) is 13.2 Å². The van der Waals surface area contributed by atoms with Crippen molar-refractivity contribution in [3.05, 3.63) is 47.9 Å². The standard InChI is InChI=1S/C18H18F3N3O/c19-18(20,21)13-5-3-12(4-6-13)16-10-14(23-11-24-16)7-8-17(25)15-2-1-9-22-15/h3-6,10-11,15,22H,1-2,7-9H2/t15-/m0/s1. The van der Waals surface area contributed by atoms with Gasteiger partial charge in [-0.3, -0.25) is 4.79 Å². The molecule has 4 nitrogen and oxygen atoms in total. The van der Waals surface area contributed by atoms with E-state index in [1.165, 1.54) is 18.5 Å². The van der Waals surface area contributed by atoms with Crippen molar-refractivity contribution in [1.82, 2.24) is 15.3 Å². The maximum atomic E-state index is 12.6. The van der Waals surface area contributed by atoms with Crippen LogP contribution in [0.5, 0.6) is 0 Å². The number of ketones is 1. The van der Waals surface area contributed by atoms with E-state index in [1.54, 1.807) is 6.07 Å². The molecule has 3 rings (SSSR count). The Kier molecular flexibility index (Phi) is 5.13. The van der Waals surface area contributed by atoms with Crippen LogP contribution < -0.4 is 5.32 Å². The molecule has 1 fully saturated rings. The number of rotatable bonds is 5. The molecule has 0 saturated carbocycles. The topological polar surface area (TPSA) is 54.9 Å². The summed E-state index contributed by atoms with van der Waals surface area (Å²) in [5, 5.41) is 3.17. The smallest absolute Gasteiger partial charge is 0.307 e. The maximum absolute atomic E-state index is 12.6. The lowest BCUT2D eigenvalue weighted by Gasteiger charge is -2.09. The molecule has 1 atom stereocenters. The Morgan fingerprint density at radius 3 is 2.60 bits per heavy atom. The first-order valence-corrected chi connectivity index (χ1v) is 8.18. The number of hydrogen-bond acceptors (Lipinski definition) is 4. The molecule has 132 valence electrons. The molecular weight excluding hydrogens is 331 g/mol. The summed E-state index contributed by atoms with van der Waals surface area (Å²) in [4.78, 5) is 20.4. The first-order valence-electron chi connectivity index (χ1n) is 8.18. The van der Waals surface area contributed by atoms with Crippen molar-refractivity contribution in [3.8, 4) is 11.3 Å². The van der Waals surface area contributed by atoms with Gasteiger partial charge in [0.25, 0.3) is 0 Å². The van der Waals surface area contributed by atoms with E-state index < -0.39 is 11.7 Å². The summed E-state index contributed by atoms with van der Waals surface area (Å²) in [6.45, 7) is 0.877. The fourth-order valence-corrected chi connectivity index (χ4v) is 2.91. The molecule has 7 heteroatoms. The highest BCUT2D eigenvalue weighted by molar-refractivity contribution is 5.84. The zero-order chi connectivity index (χ0) is 17.9. The van der Waals surface area contributed by atoms with Gasteiger partial charge in [0.05, 0.1) is 17.3 Å². The third-order valence-corrected chi connectivity index (χ3v) is 4.31. The molecule has 1 aromatic carbocycles. The molecule has 0 aliphatic carbocycles. The Labute approximate surface area is 143 Å². The Bertz CT molecular complexity index is 738. The fraction of sp³-hybridized carbons (Fsp3) is 0.389. The highest BCUT2D eigenvalue weighted by Gasteiger charge is 2.30. The first kappa shape index (κ1) is 17.5. The molecule has 1 aliphatic heterocycles. The quantitative estimate of drug-likeness (QED) is 0.899. The van der Waals surface area contributed by atoms with Gasteiger partial charge in [0, 0.05) is 17.7 Å². The summed E-state index contributed by atoms with van der Waals surface area (Å²) in [5.41, 5.74) is 1.14. The zero-order valence-electron chi connectivity index (χ0n) is 13.5. The Balaban J connectivity index is 1.67. The van der Waals surface area contributed by atoms with Crippen LogP contribution in [0.2, 0.25) is 0 Å². The van der Waals surface area contributed by atoms with Crippen molar-refractivity contribution >= 4 is 5.78 Å². The molecule has 0 unspecified atom stereocenters. The molecule has 0 spiro atoms. The van der Waals surface area contributed by atoms with E-state index in [1.807, 2.05) is 0 Å². The van der Waals surface area contributed by atoms with Crippen LogP contribution in [0.25, 0.3) is 11.3 Å². The lowest BCUT2D eigenvalue weighted by Crippen LogP contribution is -2.30. The summed E-state index contributed by atoms with van der Waals surface area (Å²) in [6.07, 6.45) is -0.208. The lowest BCUT2D eigenvalue weighted by molar-refractivity contribution is -0.137. The van der Waals surface area contributed by atoms with Crippen LogP contribution in [0, 0.1) is 0 Å². The largest absolute Gasteiger partial charge is 0.416 e. The zero-order valence-corrected chi connectivity index (χ0v) is 13.5. The van der Waals surface area contributed by atoms with Crippen molar-refractivity contribution < 1.29 is 18.0 Å². The molecule has 1 aliphatic rings. The second-order valence-corrected chi connectivity index (χ2v) is 6.08. The molecule has 25 heavy (non-hydrogen) atoms. The molecule has 1 saturated heterocycles. The van der Waals surface area contributed by atoms with Gasteiger partial charge in [0.2, 0.25) is 0 Å². The number of nitrogens with one attached hydrogen (secondary N) is 1. The minimum atomic E-state index is -4.36. The van der Waals surface area contributed by atoms with Gasteiger partial charge in [-0.25, -0.2) is 9.97 Å². The van der Waals surface area contributed by atoms with Gasteiger partial charge in [0.1, 0.15) is 12.1 Å². The van der Waals surface area contributed by atoms with Gasteiger partial charge in [-0.2, -0.15) is 13.2 Å². The van der Waals surface area contributed by atoms with Crippen molar-refractivity contribution in [2.75, 3.05) is 6.54 Å². The SMILES string of the molecule is O=C(CCc1cc(-c2ccc(C(F)(F)F)cc2)ncn1)[C@@H]1CCCN1. The highest BCUT2D eigenvalue weighted by Crippen LogP contribution is 2.30. The molecule has 0 amide bonds. The summed E-state index contributed by atoms with van der Waals surface area (Å²) >= 11 is 0. The van der Waals surface area contributed by atoms with Gasteiger partial charge in [-0.1, -0.05) is 12.1 Å². The number of Topliss-reactive ketones (excluding diaryl/α,β-unsaturated/α-hetero) is 1. The predicted octanol–water partition coefficient (Wildman–Crippen LogP) is 3.42.